The highest BCUT2D eigenvalue weighted by Gasteiger charge is 2.12. The first-order valence-corrected chi connectivity index (χ1v) is 10.2. The number of anilines is 2. The third-order valence-electron chi connectivity index (χ3n) is 5.14. The zero-order chi connectivity index (χ0) is 21.4. The number of Topliss-reactive ketones (excluding diaryl/α,β-unsaturated/α-hetero) is 1. The zero-order valence-corrected chi connectivity index (χ0v) is 17.3. The summed E-state index contributed by atoms with van der Waals surface area (Å²) in [5, 5.41) is 12.3. The van der Waals surface area contributed by atoms with Crippen molar-refractivity contribution in [2.45, 2.75) is 20.3 Å². The van der Waals surface area contributed by atoms with Gasteiger partial charge in [-0.15, -0.1) is 0 Å². The highest BCUT2D eigenvalue weighted by molar-refractivity contribution is 6.00. The maximum absolute atomic E-state index is 12.4. The second kappa shape index (κ2) is 7.68. The number of aromatic amines is 2. The van der Waals surface area contributed by atoms with Gasteiger partial charge in [-0.2, -0.15) is 5.10 Å². The Labute approximate surface area is 178 Å². The van der Waals surface area contributed by atoms with Crippen molar-refractivity contribution in [1.29, 1.82) is 0 Å². The molecule has 0 aliphatic heterocycles. The van der Waals surface area contributed by atoms with E-state index in [2.05, 4.69) is 30.5 Å². The number of carbonyl (C=O) groups excluding carboxylic acids is 1. The summed E-state index contributed by atoms with van der Waals surface area (Å²) in [4.78, 5) is 24.7. The van der Waals surface area contributed by atoms with Crippen LogP contribution in [0.2, 0.25) is 0 Å². The van der Waals surface area contributed by atoms with Gasteiger partial charge in [0.25, 0.3) is 0 Å². The van der Waals surface area contributed by atoms with E-state index in [0.29, 0.717) is 29.7 Å². The van der Waals surface area contributed by atoms with Crippen LogP contribution in [0.3, 0.4) is 0 Å². The van der Waals surface area contributed by atoms with Crippen molar-refractivity contribution in [3.8, 4) is 11.4 Å². The van der Waals surface area contributed by atoms with E-state index in [1.165, 1.54) is 0 Å². The summed E-state index contributed by atoms with van der Waals surface area (Å²) in [5.41, 5.74) is 4.33. The molecule has 0 radical (unpaired) electrons. The number of H-pyrrole nitrogens is 2. The lowest BCUT2D eigenvalue weighted by Gasteiger charge is -2.07. The average molecular weight is 410 g/mol. The third kappa shape index (κ3) is 3.90. The van der Waals surface area contributed by atoms with Gasteiger partial charge in [0.1, 0.15) is 5.82 Å². The van der Waals surface area contributed by atoms with Crippen LogP contribution < -0.4 is 5.32 Å². The molecule has 0 fully saturated rings. The quantitative estimate of drug-likeness (QED) is 0.322. The Bertz CT molecular complexity index is 1400. The smallest absolute Gasteiger partial charge is 0.179 e. The molecule has 154 valence electrons. The molecule has 5 rings (SSSR count). The van der Waals surface area contributed by atoms with Crippen LogP contribution in [-0.4, -0.2) is 30.9 Å². The minimum atomic E-state index is 0.129. The van der Waals surface area contributed by atoms with Gasteiger partial charge in [-0.1, -0.05) is 26.0 Å². The first-order valence-electron chi connectivity index (χ1n) is 10.2. The average Bonchev–Trinajstić information content (AvgIpc) is 3.39. The molecule has 3 aromatic heterocycles. The number of fused-ring (bicyclic) bond motifs is 2. The molecule has 5 aromatic rings. The highest BCUT2D eigenvalue weighted by Crippen LogP contribution is 2.25. The molecule has 31 heavy (non-hydrogen) atoms. The molecule has 0 aliphatic carbocycles. The number of benzene rings is 2. The maximum atomic E-state index is 12.4. The molecular formula is C24H22N6O. The first-order chi connectivity index (χ1) is 15.0. The molecule has 0 saturated carbocycles. The summed E-state index contributed by atoms with van der Waals surface area (Å²) in [5.74, 6) is 1.77. The minimum absolute atomic E-state index is 0.129. The molecule has 0 saturated heterocycles. The summed E-state index contributed by atoms with van der Waals surface area (Å²) >= 11 is 0. The molecule has 0 spiro atoms. The van der Waals surface area contributed by atoms with Crippen LogP contribution in [-0.2, 0) is 0 Å². The summed E-state index contributed by atoms with van der Waals surface area (Å²) in [7, 11) is 0. The lowest BCUT2D eigenvalue weighted by molar-refractivity contribution is 0.0964. The van der Waals surface area contributed by atoms with Gasteiger partial charge in [0.2, 0.25) is 0 Å². The SMILES string of the molecule is CC(C)CC(=O)c1cc2ccc(-c3nccc(Nc4ccc5[nH]ncc5c4)n3)cc2[nH]1. The Kier molecular flexibility index (Phi) is 4.71. The Balaban J connectivity index is 1.42. The molecule has 3 N–H and O–H groups in total. The van der Waals surface area contributed by atoms with Crippen molar-refractivity contribution < 1.29 is 4.79 Å². The topological polar surface area (TPSA) is 99.3 Å². The number of hydrogen-bond acceptors (Lipinski definition) is 5. The van der Waals surface area contributed by atoms with Crippen LogP contribution in [0.15, 0.2) is 60.9 Å². The van der Waals surface area contributed by atoms with Crippen molar-refractivity contribution in [2.24, 2.45) is 5.92 Å². The lowest BCUT2D eigenvalue weighted by Crippen LogP contribution is -2.03. The molecule has 2 aromatic carbocycles. The standard InChI is InChI=1S/C24H22N6O/c1-14(2)9-22(31)21-11-15-3-4-16(12-20(15)28-21)24-25-8-7-23(29-24)27-18-5-6-19-17(10-18)13-26-30-19/h3-8,10-14,28H,9H2,1-2H3,(H,26,30)(H,25,27,29). The summed E-state index contributed by atoms with van der Waals surface area (Å²) in [6.07, 6.45) is 4.05. The normalized spacial score (nSPS) is 11.5. The van der Waals surface area contributed by atoms with Crippen molar-refractivity contribution in [2.75, 3.05) is 5.32 Å². The summed E-state index contributed by atoms with van der Waals surface area (Å²) in [6.45, 7) is 4.09. The van der Waals surface area contributed by atoms with Crippen molar-refractivity contribution in [1.82, 2.24) is 25.1 Å². The first kappa shape index (κ1) is 19.0. The Hall–Kier alpha value is -4.00. The van der Waals surface area contributed by atoms with Gasteiger partial charge in [-0.05, 0) is 42.3 Å². The number of aromatic nitrogens is 5. The van der Waals surface area contributed by atoms with Crippen LogP contribution in [0.1, 0.15) is 30.8 Å². The second-order valence-corrected chi connectivity index (χ2v) is 8.07. The third-order valence-corrected chi connectivity index (χ3v) is 5.14. The van der Waals surface area contributed by atoms with Gasteiger partial charge >= 0.3 is 0 Å². The highest BCUT2D eigenvalue weighted by atomic mass is 16.1. The van der Waals surface area contributed by atoms with Crippen LogP contribution in [0, 0.1) is 5.92 Å². The van der Waals surface area contributed by atoms with E-state index in [4.69, 9.17) is 0 Å². The molecule has 3 heterocycles. The van der Waals surface area contributed by atoms with E-state index < -0.39 is 0 Å². The van der Waals surface area contributed by atoms with Crippen molar-refractivity contribution in [3.63, 3.8) is 0 Å². The fourth-order valence-electron chi connectivity index (χ4n) is 3.63. The molecule has 7 heteroatoms. The summed E-state index contributed by atoms with van der Waals surface area (Å²) in [6, 6.07) is 15.7. The van der Waals surface area contributed by atoms with Crippen LogP contribution >= 0.6 is 0 Å². The number of rotatable bonds is 6. The molecule has 7 nitrogen and oxygen atoms in total. The minimum Gasteiger partial charge on any atom is -0.352 e. The van der Waals surface area contributed by atoms with Crippen molar-refractivity contribution >= 4 is 39.1 Å². The number of hydrogen-bond donors (Lipinski definition) is 3. The van der Waals surface area contributed by atoms with Gasteiger partial charge < -0.3 is 10.3 Å². The van der Waals surface area contributed by atoms with Crippen LogP contribution in [0.25, 0.3) is 33.2 Å². The Morgan fingerprint density at radius 3 is 2.81 bits per heavy atom. The van der Waals surface area contributed by atoms with Gasteiger partial charge in [0.05, 0.1) is 17.4 Å². The van der Waals surface area contributed by atoms with Gasteiger partial charge in [-0.3, -0.25) is 9.89 Å². The largest absolute Gasteiger partial charge is 0.352 e. The number of ketones is 1. The maximum Gasteiger partial charge on any atom is 0.179 e. The Morgan fingerprint density at radius 2 is 1.94 bits per heavy atom. The van der Waals surface area contributed by atoms with Gasteiger partial charge in [0.15, 0.2) is 11.6 Å². The van der Waals surface area contributed by atoms with Crippen LogP contribution in [0.4, 0.5) is 11.5 Å². The summed E-state index contributed by atoms with van der Waals surface area (Å²) < 4.78 is 0. The van der Waals surface area contributed by atoms with E-state index in [9.17, 15) is 4.79 Å². The monoisotopic (exact) mass is 410 g/mol. The predicted molar refractivity (Wildman–Crippen MR) is 122 cm³/mol. The number of nitrogens with zero attached hydrogens (tertiary/aromatic N) is 3. The van der Waals surface area contributed by atoms with E-state index in [0.717, 1.165) is 33.1 Å². The molecule has 0 atom stereocenters. The predicted octanol–water partition coefficient (Wildman–Crippen LogP) is 5.47. The molecule has 0 aliphatic rings. The van der Waals surface area contributed by atoms with Gasteiger partial charge in [0, 0.05) is 40.2 Å². The van der Waals surface area contributed by atoms with E-state index in [1.54, 1.807) is 12.4 Å². The number of nitrogens with one attached hydrogen (secondary N) is 3. The van der Waals surface area contributed by atoms with Crippen molar-refractivity contribution in [3.05, 3.63) is 66.6 Å². The van der Waals surface area contributed by atoms with E-state index in [-0.39, 0.29) is 5.78 Å². The molecule has 0 unspecified atom stereocenters. The molecule has 0 bridgehead atoms. The van der Waals surface area contributed by atoms with Crippen LogP contribution in [0.5, 0.6) is 0 Å². The lowest BCUT2D eigenvalue weighted by atomic mass is 10.1. The van der Waals surface area contributed by atoms with E-state index in [1.807, 2.05) is 62.4 Å². The van der Waals surface area contributed by atoms with E-state index >= 15 is 0 Å². The molecular weight excluding hydrogens is 388 g/mol. The fourth-order valence-corrected chi connectivity index (χ4v) is 3.63. The second-order valence-electron chi connectivity index (χ2n) is 8.07. The fraction of sp³-hybridized carbons (Fsp3) is 0.167. The van der Waals surface area contributed by atoms with Gasteiger partial charge in [-0.25, -0.2) is 9.97 Å². The Morgan fingerprint density at radius 1 is 1.03 bits per heavy atom. The zero-order valence-electron chi connectivity index (χ0n) is 17.3. The number of carbonyl (C=O) groups is 1. The molecule has 0 amide bonds.